The Morgan fingerprint density at radius 3 is 2.55 bits per heavy atom. The molecule has 0 aliphatic heterocycles. The van der Waals surface area contributed by atoms with Crippen LogP contribution >= 0.6 is 11.3 Å². The minimum absolute atomic E-state index is 0.0482. The standard InChI is InChI=1S/C14H19N3O2S/c1-5-6-8-11(18)16-10(17-12(8)19)9-7-20-13(15-9)14(2,3)4/h7H,5-6H2,1-4H3,(H2,16,17,18,19). The van der Waals surface area contributed by atoms with Crippen molar-refractivity contribution in [1.29, 1.82) is 0 Å². The third kappa shape index (κ3) is 2.90. The fourth-order valence-corrected chi connectivity index (χ4v) is 2.70. The summed E-state index contributed by atoms with van der Waals surface area (Å²) in [5.41, 5.74) is 0.588. The lowest BCUT2D eigenvalue weighted by atomic mass is 9.98. The molecule has 0 aliphatic rings. The third-order valence-electron chi connectivity index (χ3n) is 2.88. The molecule has 2 rings (SSSR count). The Balaban J connectivity index is 2.44. The van der Waals surface area contributed by atoms with Crippen LogP contribution in [0.1, 0.15) is 44.7 Å². The summed E-state index contributed by atoms with van der Waals surface area (Å²) in [6.45, 7) is 8.18. The molecule has 2 N–H and O–H groups in total. The fourth-order valence-electron chi connectivity index (χ4n) is 1.81. The molecule has 2 heterocycles. The van der Waals surface area contributed by atoms with Crippen LogP contribution in [0.25, 0.3) is 11.5 Å². The van der Waals surface area contributed by atoms with Crippen LogP contribution in [0.2, 0.25) is 0 Å². The van der Waals surface area contributed by atoms with Crippen molar-refractivity contribution < 1.29 is 5.11 Å². The second-order valence-electron chi connectivity index (χ2n) is 5.75. The zero-order valence-corrected chi connectivity index (χ0v) is 13.0. The summed E-state index contributed by atoms with van der Waals surface area (Å²) < 4.78 is 0. The van der Waals surface area contributed by atoms with Gasteiger partial charge < -0.3 is 10.1 Å². The van der Waals surface area contributed by atoms with Crippen molar-refractivity contribution in [2.24, 2.45) is 0 Å². The van der Waals surface area contributed by atoms with Crippen LogP contribution in [0.3, 0.4) is 0 Å². The molecule has 0 radical (unpaired) electrons. The first-order valence-corrected chi connectivity index (χ1v) is 7.49. The second-order valence-corrected chi connectivity index (χ2v) is 6.61. The van der Waals surface area contributed by atoms with Gasteiger partial charge in [0.1, 0.15) is 5.69 Å². The number of hydrogen-bond acceptors (Lipinski definition) is 5. The van der Waals surface area contributed by atoms with Gasteiger partial charge in [0.25, 0.3) is 5.56 Å². The van der Waals surface area contributed by atoms with Gasteiger partial charge in [-0.1, -0.05) is 34.1 Å². The van der Waals surface area contributed by atoms with E-state index < -0.39 is 0 Å². The molecule has 2 aromatic rings. The van der Waals surface area contributed by atoms with Crippen molar-refractivity contribution in [2.45, 2.75) is 46.0 Å². The van der Waals surface area contributed by atoms with E-state index in [9.17, 15) is 9.90 Å². The second kappa shape index (κ2) is 5.36. The van der Waals surface area contributed by atoms with E-state index in [0.717, 1.165) is 11.4 Å². The highest BCUT2D eigenvalue weighted by Crippen LogP contribution is 2.28. The molecular formula is C14H19N3O2S. The highest BCUT2D eigenvalue weighted by molar-refractivity contribution is 7.10. The summed E-state index contributed by atoms with van der Waals surface area (Å²) >= 11 is 1.52. The van der Waals surface area contributed by atoms with E-state index in [1.807, 2.05) is 12.3 Å². The summed E-state index contributed by atoms with van der Waals surface area (Å²) in [6, 6.07) is 0. The molecule has 0 amide bonds. The highest BCUT2D eigenvalue weighted by Gasteiger charge is 2.20. The van der Waals surface area contributed by atoms with Crippen molar-refractivity contribution in [3.8, 4) is 17.4 Å². The maximum absolute atomic E-state index is 11.9. The summed E-state index contributed by atoms with van der Waals surface area (Å²) in [7, 11) is 0. The predicted molar refractivity (Wildman–Crippen MR) is 80.3 cm³/mol. The first kappa shape index (κ1) is 14.7. The van der Waals surface area contributed by atoms with Gasteiger partial charge in [0.05, 0.1) is 10.6 Å². The Hall–Kier alpha value is -1.69. The fraction of sp³-hybridized carbons (Fsp3) is 0.500. The Kier molecular flexibility index (Phi) is 3.94. The Morgan fingerprint density at radius 2 is 2.05 bits per heavy atom. The molecule has 0 spiro atoms. The van der Waals surface area contributed by atoms with E-state index in [2.05, 4.69) is 35.7 Å². The zero-order chi connectivity index (χ0) is 14.9. The first-order valence-electron chi connectivity index (χ1n) is 6.61. The summed E-state index contributed by atoms with van der Waals surface area (Å²) in [6.07, 6.45) is 1.29. The Bertz CT molecular complexity index is 668. The maximum atomic E-state index is 11.9. The number of rotatable bonds is 3. The molecule has 108 valence electrons. The minimum Gasteiger partial charge on any atom is -0.493 e. The van der Waals surface area contributed by atoms with Crippen LogP contribution < -0.4 is 5.56 Å². The lowest BCUT2D eigenvalue weighted by Crippen LogP contribution is -2.15. The van der Waals surface area contributed by atoms with Gasteiger partial charge in [-0.25, -0.2) is 4.98 Å². The number of H-pyrrole nitrogens is 1. The van der Waals surface area contributed by atoms with Crippen LogP contribution in [0, 0.1) is 0 Å². The SMILES string of the molecule is CCCc1c(O)nc(-c2csc(C(C)(C)C)n2)[nH]c1=O. The minimum atomic E-state index is -0.292. The van der Waals surface area contributed by atoms with Crippen LogP contribution in [-0.2, 0) is 11.8 Å². The molecule has 0 atom stereocenters. The zero-order valence-electron chi connectivity index (χ0n) is 12.1. The molecule has 0 saturated carbocycles. The number of hydrogen-bond donors (Lipinski definition) is 2. The monoisotopic (exact) mass is 293 g/mol. The molecule has 0 aromatic carbocycles. The number of aromatic amines is 1. The topological polar surface area (TPSA) is 78.9 Å². The molecular weight excluding hydrogens is 274 g/mol. The number of thiazole rings is 1. The largest absolute Gasteiger partial charge is 0.493 e. The average Bonchev–Trinajstić information content (AvgIpc) is 2.82. The van der Waals surface area contributed by atoms with Crippen molar-refractivity contribution in [2.75, 3.05) is 0 Å². The molecule has 0 bridgehead atoms. The Labute approximate surface area is 121 Å². The van der Waals surface area contributed by atoms with E-state index in [-0.39, 0.29) is 16.9 Å². The lowest BCUT2D eigenvalue weighted by molar-refractivity contribution is 0.443. The van der Waals surface area contributed by atoms with Gasteiger partial charge in [-0.05, 0) is 6.42 Å². The average molecular weight is 293 g/mol. The molecule has 0 aliphatic carbocycles. The number of nitrogens with zero attached hydrogens (tertiary/aromatic N) is 2. The number of aromatic hydroxyl groups is 1. The van der Waals surface area contributed by atoms with Gasteiger partial charge in [-0.2, -0.15) is 4.98 Å². The van der Waals surface area contributed by atoms with Crippen LogP contribution in [-0.4, -0.2) is 20.1 Å². The molecule has 0 fully saturated rings. The summed E-state index contributed by atoms with van der Waals surface area (Å²) in [5.74, 6) is 0.120. The van der Waals surface area contributed by atoms with Crippen molar-refractivity contribution in [3.05, 3.63) is 26.3 Å². The summed E-state index contributed by atoms with van der Waals surface area (Å²) in [5, 5.41) is 12.7. The first-order chi connectivity index (χ1) is 9.32. The van der Waals surface area contributed by atoms with Crippen molar-refractivity contribution in [1.82, 2.24) is 15.0 Å². The van der Waals surface area contributed by atoms with E-state index >= 15 is 0 Å². The smallest absolute Gasteiger partial charge is 0.258 e. The Morgan fingerprint density at radius 1 is 1.35 bits per heavy atom. The van der Waals surface area contributed by atoms with Crippen LogP contribution in [0.15, 0.2) is 10.2 Å². The van der Waals surface area contributed by atoms with Gasteiger partial charge in [0.15, 0.2) is 5.82 Å². The quantitative estimate of drug-likeness (QED) is 0.912. The van der Waals surface area contributed by atoms with Gasteiger partial charge in [0, 0.05) is 10.8 Å². The van der Waals surface area contributed by atoms with Gasteiger partial charge in [-0.3, -0.25) is 4.79 Å². The van der Waals surface area contributed by atoms with E-state index in [1.54, 1.807) is 0 Å². The van der Waals surface area contributed by atoms with Crippen LogP contribution in [0.5, 0.6) is 5.88 Å². The van der Waals surface area contributed by atoms with E-state index in [4.69, 9.17) is 0 Å². The summed E-state index contributed by atoms with van der Waals surface area (Å²) in [4.78, 5) is 23.2. The molecule has 0 saturated heterocycles. The van der Waals surface area contributed by atoms with Crippen molar-refractivity contribution >= 4 is 11.3 Å². The highest BCUT2D eigenvalue weighted by atomic mass is 32.1. The molecule has 5 nitrogen and oxygen atoms in total. The molecule has 20 heavy (non-hydrogen) atoms. The predicted octanol–water partition coefficient (Wildman–Crippen LogP) is 2.85. The maximum Gasteiger partial charge on any atom is 0.258 e. The van der Waals surface area contributed by atoms with Gasteiger partial charge >= 0.3 is 0 Å². The molecule has 6 heteroatoms. The lowest BCUT2D eigenvalue weighted by Gasteiger charge is -2.13. The molecule has 2 aromatic heterocycles. The van der Waals surface area contributed by atoms with Gasteiger partial charge in [-0.15, -0.1) is 11.3 Å². The third-order valence-corrected chi connectivity index (χ3v) is 4.15. The number of nitrogens with one attached hydrogen (secondary N) is 1. The van der Waals surface area contributed by atoms with E-state index in [0.29, 0.717) is 23.5 Å². The molecule has 0 unspecified atom stereocenters. The van der Waals surface area contributed by atoms with Gasteiger partial charge in [0.2, 0.25) is 5.88 Å². The number of aromatic nitrogens is 3. The van der Waals surface area contributed by atoms with E-state index in [1.165, 1.54) is 11.3 Å². The normalized spacial score (nSPS) is 11.8. The van der Waals surface area contributed by atoms with Crippen molar-refractivity contribution in [3.63, 3.8) is 0 Å². The van der Waals surface area contributed by atoms with Crippen LogP contribution in [0.4, 0.5) is 0 Å².